The number of ether oxygens (including phenoxy) is 2. The Bertz CT molecular complexity index is 619. The SMILES string of the molecule is CC(C)(C)OC(=O)N1CCC2(CC1)CC(n1cc(C(F)F)cn1)CO2. The maximum Gasteiger partial charge on any atom is 0.410 e. The quantitative estimate of drug-likeness (QED) is 0.812. The molecule has 3 rings (SSSR count). The van der Waals surface area contributed by atoms with E-state index in [1.165, 1.54) is 12.4 Å². The van der Waals surface area contributed by atoms with Crippen molar-refractivity contribution in [2.24, 2.45) is 0 Å². The molecule has 2 saturated heterocycles. The monoisotopic (exact) mass is 357 g/mol. The van der Waals surface area contributed by atoms with Crippen LogP contribution in [0.15, 0.2) is 12.4 Å². The van der Waals surface area contributed by atoms with Gasteiger partial charge < -0.3 is 14.4 Å². The smallest absolute Gasteiger partial charge is 0.410 e. The maximum atomic E-state index is 12.7. The summed E-state index contributed by atoms with van der Waals surface area (Å²) in [7, 11) is 0. The summed E-state index contributed by atoms with van der Waals surface area (Å²) in [5, 5.41) is 4.05. The molecule has 1 aromatic heterocycles. The molecule has 25 heavy (non-hydrogen) atoms. The highest BCUT2D eigenvalue weighted by molar-refractivity contribution is 5.68. The number of aromatic nitrogens is 2. The predicted octanol–water partition coefficient (Wildman–Crippen LogP) is 3.55. The number of rotatable bonds is 2. The molecule has 2 fully saturated rings. The molecule has 1 amide bonds. The highest BCUT2D eigenvalue weighted by Crippen LogP contribution is 2.40. The van der Waals surface area contributed by atoms with Gasteiger partial charge >= 0.3 is 6.09 Å². The lowest BCUT2D eigenvalue weighted by Crippen LogP contribution is -2.47. The van der Waals surface area contributed by atoms with Gasteiger partial charge in [0, 0.05) is 25.7 Å². The van der Waals surface area contributed by atoms with E-state index in [1.54, 1.807) is 9.58 Å². The number of halogens is 2. The minimum absolute atomic E-state index is 0.0411. The summed E-state index contributed by atoms with van der Waals surface area (Å²) in [5.41, 5.74) is -0.884. The van der Waals surface area contributed by atoms with E-state index in [2.05, 4.69) is 5.10 Å². The molecule has 2 aliphatic rings. The number of amides is 1. The van der Waals surface area contributed by atoms with Crippen LogP contribution >= 0.6 is 0 Å². The molecule has 1 unspecified atom stereocenters. The standard InChI is InChI=1S/C17H25F2N3O3/c1-16(2,3)25-15(23)21-6-4-17(5-7-21)8-13(11-24-17)22-10-12(9-20-22)14(18)19/h9-10,13-14H,4-8,11H2,1-3H3. The second-order valence-electron chi connectivity index (χ2n) is 7.87. The zero-order valence-electron chi connectivity index (χ0n) is 14.9. The molecule has 0 aliphatic carbocycles. The first-order valence-electron chi connectivity index (χ1n) is 8.62. The first-order chi connectivity index (χ1) is 11.7. The number of likely N-dealkylation sites (tertiary alicyclic amines) is 1. The molecular formula is C17H25F2N3O3. The third kappa shape index (κ3) is 4.11. The van der Waals surface area contributed by atoms with E-state index in [0.29, 0.717) is 32.5 Å². The summed E-state index contributed by atoms with van der Waals surface area (Å²) in [6.07, 6.45) is 1.94. The van der Waals surface area contributed by atoms with Gasteiger partial charge in [0.05, 0.1) is 30.0 Å². The van der Waals surface area contributed by atoms with E-state index < -0.39 is 12.0 Å². The first kappa shape index (κ1) is 18.1. The highest BCUT2D eigenvalue weighted by atomic mass is 19.3. The summed E-state index contributed by atoms with van der Waals surface area (Å²) >= 11 is 0. The van der Waals surface area contributed by atoms with E-state index in [0.717, 1.165) is 6.42 Å². The van der Waals surface area contributed by atoms with Gasteiger partial charge in [-0.15, -0.1) is 0 Å². The Balaban J connectivity index is 1.56. The Morgan fingerprint density at radius 2 is 2.08 bits per heavy atom. The van der Waals surface area contributed by atoms with Gasteiger partial charge in [0.1, 0.15) is 5.60 Å². The highest BCUT2D eigenvalue weighted by Gasteiger charge is 2.44. The van der Waals surface area contributed by atoms with Gasteiger partial charge in [0.15, 0.2) is 0 Å². The number of hydrogen-bond acceptors (Lipinski definition) is 4. The van der Waals surface area contributed by atoms with Gasteiger partial charge in [0.25, 0.3) is 6.43 Å². The number of nitrogens with zero attached hydrogens (tertiary/aromatic N) is 3. The molecule has 6 nitrogen and oxygen atoms in total. The van der Waals surface area contributed by atoms with Crippen LogP contribution in [-0.2, 0) is 9.47 Å². The number of carbonyl (C=O) groups excluding carboxylic acids is 1. The second-order valence-corrected chi connectivity index (χ2v) is 7.87. The Morgan fingerprint density at radius 3 is 2.64 bits per heavy atom. The van der Waals surface area contributed by atoms with Crippen molar-refractivity contribution in [1.29, 1.82) is 0 Å². The summed E-state index contributed by atoms with van der Waals surface area (Å²) in [4.78, 5) is 13.9. The number of carbonyl (C=O) groups is 1. The van der Waals surface area contributed by atoms with Crippen molar-refractivity contribution in [3.63, 3.8) is 0 Å². The molecule has 0 aromatic carbocycles. The van der Waals surface area contributed by atoms with Crippen molar-refractivity contribution in [3.05, 3.63) is 18.0 Å². The predicted molar refractivity (Wildman–Crippen MR) is 86.6 cm³/mol. The molecular weight excluding hydrogens is 332 g/mol. The van der Waals surface area contributed by atoms with Crippen molar-refractivity contribution in [1.82, 2.24) is 14.7 Å². The lowest BCUT2D eigenvalue weighted by Gasteiger charge is -2.39. The zero-order chi connectivity index (χ0) is 18.2. The molecule has 1 atom stereocenters. The molecule has 140 valence electrons. The fourth-order valence-electron chi connectivity index (χ4n) is 3.43. The molecule has 1 aromatic rings. The van der Waals surface area contributed by atoms with Gasteiger partial charge in [-0.2, -0.15) is 5.10 Å². The van der Waals surface area contributed by atoms with Gasteiger partial charge in [0.2, 0.25) is 0 Å². The van der Waals surface area contributed by atoms with Crippen molar-refractivity contribution < 1.29 is 23.0 Å². The largest absolute Gasteiger partial charge is 0.444 e. The zero-order valence-corrected chi connectivity index (χ0v) is 14.9. The molecule has 2 aliphatic heterocycles. The van der Waals surface area contributed by atoms with Crippen LogP contribution in [0.25, 0.3) is 0 Å². The average molecular weight is 357 g/mol. The first-order valence-corrected chi connectivity index (χ1v) is 8.62. The van der Waals surface area contributed by atoms with Crippen molar-refractivity contribution in [2.45, 2.75) is 63.7 Å². The molecule has 0 saturated carbocycles. The van der Waals surface area contributed by atoms with Crippen LogP contribution in [-0.4, -0.2) is 51.7 Å². The lowest BCUT2D eigenvalue weighted by atomic mass is 9.87. The topological polar surface area (TPSA) is 56.6 Å². The Hall–Kier alpha value is -1.70. The van der Waals surface area contributed by atoms with Crippen LogP contribution in [0.4, 0.5) is 13.6 Å². The minimum atomic E-state index is -2.51. The van der Waals surface area contributed by atoms with Crippen molar-refractivity contribution in [3.8, 4) is 0 Å². The van der Waals surface area contributed by atoms with Crippen molar-refractivity contribution in [2.75, 3.05) is 19.7 Å². The molecule has 0 bridgehead atoms. The van der Waals surface area contributed by atoms with E-state index in [4.69, 9.17) is 9.47 Å². The molecule has 8 heteroatoms. The summed E-state index contributed by atoms with van der Waals surface area (Å²) in [6, 6.07) is -0.0411. The van der Waals surface area contributed by atoms with Crippen LogP contribution in [0.1, 0.15) is 58.1 Å². The number of hydrogen-bond donors (Lipinski definition) is 0. The van der Waals surface area contributed by atoms with Gasteiger partial charge in [-0.1, -0.05) is 0 Å². The van der Waals surface area contributed by atoms with Gasteiger partial charge in [-0.05, 0) is 33.6 Å². The van der Waals surface area contributed by atoms with Crippen LogP contribution in [0, 0.1) is 0 Å². The van der Waals surface area contributed by atoms with E-state index in [9.17, 15) is 13.6 Å². The molecule has 0 radical (unpaired) electrons. The molecule has 0 N–H and O–H groups in total. The summed E-state index contributed by atoms with van der Waals surface area (Å²) < 4.78 is 38.4. The minimum Gasteiger partial charge on any atom is -0.444 e. The van der Waals surface area contributed by atoms with Crippen LogP contribution in [0.2, 0.25) is 0 Å². The summed E-state index contributed by atoms with van der Waals surface area (Å²) in [6.45, 7) is 7.14. The fourth-order valence-corrected chi connectivity index (χ4v) is 3.43. The van der Waals surface area contributed by atoms with Crippen LogP contribution in [0.5, 0.6) is 0 Å². The number of alkyl halides is 2. The van der Waals surface area contributed by atoms with E-state index in [1.807, 2.05) is 20.8 Å². The van der Waals surface area contributed by atoms with E-state index in [-0.39, 0.29) is 23.3 Å². The maximum absolute atomic E-state index is 12.7. The number of piperidine rings is 1. The average Bonchev–Trinajstić information content (AvgIpc) is 3.14. The lowest BCUT2D eigenvalue weighted by molar-refractivity contribution is -0.0486. The Kier molecular flexibility index (Phi) is 4.74. The van der Waals surface area contributed by atoms with Gasteiger partial charge in [-0.25, -0.2) is 13.6 Å². The van der Waals surface area contributed by atoms with Gasteiger partial charge in [-0.3, -0.25) is 4.68 Å². The fraction of sp³-hybridized carbons (Fsp3) is 0.765. The normalized spacial score (nSPS) is 23.4. The van der Waals surface area contributed by atoms with E-state index >= 15 is 0 Å². The summed E-state index contributed by atoms with van der Waals surface area (Å²) in [5.74, 6) is 0. The van der Waals surface area contributed by atoms with Crippen LogP contribution < -0.4 is 0 Å². The third-order valence-electron chi connectivity index (χ3n) is 4.76. The molecule has 3 heterocycles. The van der Waals surface area contributed by atoms with Crippen molar-refractivity contribution >= 4 is 6.09 Å². The Morgan fingerprint density at radius 1 is 1.40 bits per heavy atom. The van der Waals surface area contributed by atoms with Crippen LogP contribution in [0.3, 0.4) is 0 Å². The molecule has 1 spiro atoms. The Labute approximate surface area is 146 Å². The third-order valence-corrected chi connectivity index (χ3v) is 4.76. The second kappa shape index (κ2) is 6.55.